The third-order valence-electron chi connectivity index (χ3n) is 4.41. The molecule has 126 valence electrons. The first kappa shape index (κ1) is 15.7. The molecule has 1 aromatic carbocycles. The summed E-state index contributed by atoms with van der Waals surface area (Å²) in [6.45, 7) is 2.02. The fraction of sp³-hybridized carbons (Fsp3) is 0.158. The number of benzene rings is 1. The summed E-state index contributed by atoms with van der Waals surface area (Å²) < 4.78 is 0. The van der Waals surface area contributed by atoms with E-state index >= 15 is 0 Å². The van der Waals surface area contributed by atoms with E-state index in [1.54, 1.807) is 18.3 Å². The SMILES string of the molecule is Cc1ccc(C2C(c3ccccn3)NC(=S)N2c2ccccc2O)[nH]1. The minimum absolute atomic E-state index is 0.119. The Bertz CT molecular complexity index is 909. The van der Waals surface area contributed by atoms with Crippen molar-refractivity contribution in [2.24, 2.45) is 0 Å². The molecule has 2 unspecified atom stereocenters. The molecule has 4 rings (SSSR count). The van der Waals surface area contributed by atoms with Crippen LogP contribution in [0.4, 0.5) is 5.69 Å². The number of thiocarbonyl (C=S) groups is 1. The lowest BCUT2D eigenvalue weighted by molar-refractivity contribution is 0.472. The van der Waals surface area contributed by atoms with Gasteiger partial charge in [0.15, 0.2) is 5.11 Å². The number of phenols is 1. The summed E-state index contributed by atoms with van der Waals surface area (Å²) in [7, 11) is 0. The van der Waals surface area contributed by atoms with Crippen molar-refractivity contribution in [1.82, 2.24) is 15.3 Å². The molecule has 0 amide bonds. The first-order valence-corrected chi connectivity index (χ1v) is 8.50. The molecule has 6 heteroatoms. The van der Waals surface area contributed by atoms with Crippen LogP contribution < -0.4 is 10.2 Å². The van der Waals surface area contributed by atoms with E-state index in [1.165, 1.54) is 0 Å². The van der Waals surface area contributed by atoms with Crippen LogP contribution in [0.1, 0.15) is 29.2 Å². The molecule has 1 aliphatic heterocycles. The fourth-order valence-electron chi connectivity index (χ4n) is 3.30. The number of aryl methyl sites for hydroxylation is 1. The number of pyridine rings is 1. The number of aromatic nitrogens is 2. The summed E-state index contributed by atoms with van der Waals surface area (Å²) in [5.41, 5.74) is 3.67. The van der Waals surface area contributed by atoms with E-state index in [4.69, 9.17) is 12.2 Å². The zero-order valence-electron chi connectivity index (χ0n) is 13.7. The maximum atomic E-state index is 10.4. The average molecular weight is 350 g/mol. The molecule has 3 heterocycles. The van der Waals surface area contributed by atoms with Crippen LogP contribution >= 0.6 is 12.2 Å². The Morgan fingerprint density at radius 2 is 1.88 bits per heavy atom. The van der Waals surface area contributed by atoms with Gasteiger partial charge in [0.2, 0.25) is 0 Å². The first-order chi connectivity index (χ1) is 12.1. The van der Waals surface area contributed by atoms with E-state index < -0.39 is 0 Å². The largest absolute Gasteiger partial charge is 0.506 e. The molecular weight excluding hydrogens is 332 g/mol. The Morgan fingerprint density at radius 1 is 1.08 bits per heavy atom. The number of H-pyrrole nitrogens is 1. The Balaban J connectivity index is 1.85. The number of aromatic amines is 1. The first-order valence-electron chi connectivity index (χ1n) is 8.09. The van der Waals surface area contributed by atoms with Crippen molar-refractivity contribution in [3.8, 4) is 5.75 Å². The fourth-order valence-corrected chi connectivity index (χ4v) is 3.64. The van der Waals surface area contributed by atoms with E-state index in [-0.39, 0.29) is 17.8 Å². The summed E-state index contributed by atoms with van der Waals surface area (Å²) in [6.07, 6.45) is 1.78. The van der Waals surface area contributed by atoms with Crippen LogP contribution in [0.3, 0.4) is 0 Å². The number of nitrogens with zero attached hydrogens (tertiary/aromatic N) is 2. The highest BCUT2D eigenvalue weighted by Crippen LogP contribution is 2.43. The number of nitrogens with one attached hydrogen (secondary N) is 2. The molecular formula is C19H18N4OS. The highest BCUT2D eigenvalue weighted by atomic mass is 32.1. The highest BCUT2D eigenvalue weighted by molar-refractivity contribution is 7.80. The van der Waals surface area contributed by atoms with Crippen molar-refractivity contribution in [3.63, 3.8) is 0 Å². The molecule has 1 fully saturated rings. The molecule has 2 atom stereocenters. The summed E-state index contributed by atoms with van der Waals surface area (Å²) in [4.78, 5) is 9.86. The van der Waals surface area contributed by atoms with Crippen molar-refractivity contribution in [1.29, 1.82) is 0 Å². The zero-order valence-corrected chi connectivity index (χ0v) is 14.5. The predicted molar refractivity (Wildman–Crippen MR) is 102 cm³/mol. The van der Waals surface area contributed by atoms with Gasteiger partial charge in [-0.2, -0.15) is 0 Å². The molecule has 3 N–H and O–H groups in total. The minimum Gasteiger partial charge on any atom is -0.506 e. The van der Waals surface area contributed by atoms with E-state index in [0.29, 0.717) is 10.8 Å². The third-order valence-corrected chi connectivity index (χ3v) is 4.73. The van der Waals surface area contributed by atoms with Crippen molar-refractivity contribution in [2.75, 3.05) is 4.90 Å². The average Bonchev–Trinajstić information content (AvgIpc) is 3.19. The number of aromatic hydroxyl groups is 1. The summed E-state index contributed by atoms with van der Waals surface area (Å²) in [6, 6.07) is 16.9. The Morgan fingerprint density at radius 3 is 2.56 bits per heavy atom. The molecule has 5 nitrogen and oxygen atoms in total. The van der Waals surface area contributed by atoms with Gasteiger partial charge in [0.1, 0.15) is 11.8 Å². The van der Waals surface area contributed by atoms with Gasteiger partial charge in [-0.1, -0.05) is 18.2 Å². The number of hydrogen-bond donors (Lipinski definition) is 3. The van der Waals surface area contributed by atoms with Gasteiger partial charge in [-0.15, -0.1) is 0 Å². The number of phenolic OH excluding ortho intramolecular Hbond substituents is 1. The Kier molecular flexibility index (Phi) is 3.89. The molecule has 1 saturated heterocycles. The number of anilines is 1. The van der Waals surface area contributed by atoms with E-state index in [1.807, 2.05) is 48.2 Å². The van der Waals surface area contributed by atoms with Gasteiger partial charge < -0.3 is 20.3 Å². The number of hydrogen-bond acceptors (Lipinski definition) is 3. The smallest absolute Gasteiger partial charge is 0.174 e. The van der Waals surface area contributed by atoms with E-state index in [9.17, 15) is 5.11 Å². The van der Waals surface area contributed by atoms with Gasteiger partial charge >= 0.3 is 0 Å². The van der Waals surface area contributed by atoms with Crippen LogP contribution in [0.25, 0.3) is 0 Å². The van der Waals surface area contributed by atoms with Gasteiger partial charge in [0.05, 0.1) is 17.4 Å². The monoisotopic (exact) mass is 350 g/mol. The van der Waals surface area contributed by atoms with Crippen LogP contribution in [0, 0.1) is 6.92 Å². The standard InChI is InChI=1S/C19H18N4OS/c1-12-9-10-14(21-12)18-17(13-6-4-5-11-20-13)22-19(25)23(18)15-7-2-3-8-16(15)24/h2-11,17-18,21,24H,1H3,(H,22,25). The lowest BCUT2D eigenvalue weighted by Gasteiger charge is -2.27. The van der Waals surface area contributed by atoms with Gasteiger partial charge in [-0.25, -0.2) is 0 Å². The minimum atomic E-state index is -0.135. The molecule has 1 aliphatic rings. The molecule has 0 saturated carbocycles. The van der Waals surface area contributed by atoms with Crippen molar-refractivity contribution >= 4 is 23.0 Å². The molecule has 3 aromatic rings. The lowest BCUT2D eigenvalue weighted by atomic mass is 10.0. The Labute approximate surface area is 151 Å². The topological polar surface area (TPSA) is 64.2 Å². The van der Waals surface area contributed by atoms with Crippen molar-refractivity contribution in [2.45, 2.75) is 19.0 Å². The second-order valence-electron chi connectivity index (χ2n) is 6.08. The lowest BCUT2D eigenvalue weighted by Crippen LogP contribution is -2.29. The number of rotatable bonds is 3. The van der Waals surface area contributed by atoms with Gasteiger partial charge in [0, 0.05) is 17.6 Å². The van der Waals surface area contributed by atoms with Gasteiger partial charge in [-0.05, 0) is 55.5 Å². The summed E-state index contributed by atoms with van der Waals surface area (Å²) >= 11 is 5.61. The molecule has 0 radical (unpaired) electrons. The van der Waals surface area contributed by atoms with Crippen molar-refractivity contribution < 1.29 is 5.11 Å². The third kappa shape index (κ3) is 2.74. The van der Waals surface area contributed by atoms with Crippen LogP contribution in [0.2, 0.25) is 0 Å². The van der Waals surface area contributed by atoms with Crippen LogP contribution in [0.15, 0.2) is 60.8 Å². The molecule has 0 spiro atoms. The Hall–Kier alpha value is -2.86. The summed E-state index contributed by atoms with van der Waals surface area (Å²) in [5, 5.41) is 14.3. The summed E-state index contributed by atoms with van der Waals surface area (Å²) in [5.74, 6) is 0.196. The van der Waals surface area contributed by atoms with E-state index in [2.05, 4.69) is 21.4 Å². The maximum Gasteiger partial charge on any atom is 0.174 e. The second-order valence-corrected chi connectivity index (χ2v) is 6.47. The van der Waals surface area contributed by atoms with Gasteiger partial charge in [0.25, 0.3) is 0 Å². The van der Waals surface area contributed by atoms with Crippen LogP contribution in [-0.2, 0) is 0 Å². The van der Waals surface area contributed by atoms with Crippen LogP contribution in [0.5, 0.6) is 5.75 Å². The molecule has 0 bridgehead atoms. The molecule has 2 aromatic heterocycles. The molecule has 0 aliphatic carbocycles. The van der Waals surface area contributed by atoms with E-state index in [0.717, 1.165) is 17.1 Å². The van der Waals surface area contributed by atoms with Crippen molar-refractivity contribution in [3.05, 3.63) is 77.9 Å². The molecule has 25 heavy (non-hydrogen) atoms. The van der Waals surface area contributed by atoms with Gasteiger partial charge in [-0.3, -0.25) is 4.98 Å². The highest BCUT2D eigenvalue weighted by Gasteiger charge is 2.42. The predicted octanol–water partition coefficient (Wildman–Crippen LogP) is 3.60. The quantitative estimate of drug-likeness (QED) is 0.630. The maximum absolute atomic E-state index is 10.4. The number of para-hydroxylation sites is 2. The zero-order chi connectivity index (χ0) is 17.4. The second kappa shape index (κ2) is 6.22. The van der Waals surface area contributed by atoms with Crippen LogP contribution in [-0.4, -0.2) is 20.2 Å². The normalized spacial score (nSPS) is 19.9.